The number of esters is 1. The van der Waals surface area contributed by atoms with E-state index in [1.807, 2.05) is 32.6 Å². The standard InChI is InChI=1S/C22H27N7O2S/c1-3-31-22(30)19-16(14-4-6-23-7-5-14)10-18(32-19)27-20-21-25-12-17(29(21)9-8-24-20)15-11-26-28(2)13-15/h8-11,13-14,17,23H,3-7,12H2,1-2H3,(H,24,27). The summed E-state index contributed by atoms with van der Waals surface area (Å²) in [6, 6.07) is 2.19. The van der Waals surface area contributed by atoms with Crippen LogP contribution in [0.25, 0.3) is 0 Å². The van der Waals surface area contributed by atoms with Crippen LogP contribution in [0, 0.1) is 0 Å². The third kappa shape index (κ3) is 3.95. The number of aromatic nitrogens is 2. The zero-order valence-corrected chi connectivity index (χ0v) is 19.1. The summed E-state index contributed by atoms with van der Waals surface area (Å²) in [7, 11) is 1.92. The molecule has 3 aliphatic rings. The zero-order chi connectivity index (χ0) is 22.1. The first kappa shape index (κ1) is 20.9. The Bertz CT molecular complexity index is 1090. The van der Waals surface area contributed by atoms with Gasteiger partial charge in [0, 0.05) is 31.2 Å². The average molecular weight is 454 g/mol. The molecular formula is C22H27N7O2S. The highest BCUT2D eigenvalue weighted by Gasteiger charge is 2.33. The largest absolute Gasteiger partial charge is 0.462 e. The van der Waals surface area contributed by atoms with Crippen LogP contribution in [0.15, 0.2) is 40.8 Å². The van der Waals surface area contributed by atoms with Gasteiger partial charge in [0.25, 0.3) is 0 Å². The Kier molecular flexibility index (Phi) is 5.79. The molecule has 1 unspecified atom stereocenters. The summed E-state index contributed by atoms with van der Waals surface area (Å²) in [5.41, 5.74) is 2.19. The van der Waals surface area contributed by atoms with Gasteiger partial charge in [0.05, 0.1) is 30.4 Å². The van der Waals surface area contributed by atoms with Crippen molar-refractivity contribution in [3.05, 3.63) is 46.9 Å². The first-order valence-electron chi connectivity index (χ1n) is 11.0. The Balaban J connectivity index is 1.38. The van der Waals surface area contributed by atoms with Gasteiger partial charge in [-0.1, -0.05) is 0 Å². The minimum absolute atomic E-state index is 0.103. The normalized spacial score (nSPS) is 20.7. The van der Waals surface area contributed by atoms with Crippen LogP contribution >= 0.6 is 11.3 Å². The number of hydrogen-bond acceptors (Lipinski definition) is 9. The third-order valence-electron chi connectivity index (χ3n) is 5.99. The molecule has 10 heteroatoms. The smallest absolute Gasteiger partial charge is 0.348 e. The number of nitrogens with one attached hydrogen (secondary N) is 2. The van der Waals surface area contributed by atoms with Crippen molar-refractivity contribution in [1.82, 2.24) is 20.0 Å². The van der Waals surface area contributed by atoms with E-state index < -0.39 is 0 Å². The van der Waals surface area contributed by atoms with Crippen molar-refractivity contribution in [1.29, 1.82) is 0 Å². The Morgan fingerprint density at radius 3 is 2.97 bits per heavy atom. The highest BCUT2D eigenvalue weighted by molar-refractivity contribution is 7.18. The minimum atomic E-state index is -0.249. The van der Waals surface area contributed by atoms with Crippen molar-refractivity contribution in [2.24, 2.45) is 17.0 Å². The summed E-state index contributed by atoms with van der Waals surface area (Å²) >= 11 is 1.43. The van der Waals surface area contributed by atoms with E-state index in [-0.39, 0.29) is 12.0 Å². The number of amidine groups is 2. The van der Waals surface area contributed by atoms with Crippen LogP contribution < -0.4 is 10.6 Å². The number of aryl methyl sites for hydroxylation is 1. The van der Waals surface area contributed by atoms with Gasteiger partial charge in [-0.2, -0.15) is 5.10 Å². The summed E-state index contributed by atoms with van der Waals surface area (Å²) in [4.78, 5) is 24.8. The fraction of sp³-hybridized carbons (Fsp3) is 0.455. The van der Waals surface area contributed by atoms with E-state index in [1.54, 1.807) is 10.9 Å². The van der Waals surface area contributed by atoms with E-state index in [0.717, 1.165) is 47.9 Å². The fourth-order valence-corrected chi connectivity index (χ4v) is 5.48. The number of carbonyl (C=O) groups is 1. The molecule has 0 radical (unpaired) electrons. The van der Waals surface area contributed by atoms with Gasteiger partial charge in [-0.3, -0.25) is 9.67 Å². The highest BCUT2D eigenvalue weighted by Crippen LogP contribution is 2.37. The van der Waals surface area contributed by atoms with Crippen molar-refractivity contribution in [2.45, 2.75) is 31.7 Å². The van der Waals surface area contributed by atoms with E-state index in [0.29, 0.717) is 29.8 Å². The fourth-order valence-electron chi connectivity index (χ4n) is 4.44. The molecule has 168 valence electrons. The number of hydrogen-bond donors (Lipinski definition) is 2. The number of ether oxygens (including phenoxy) is 1. The summed E-state index contributed by atoms with van der Waals surface area (Å²) in [5.74, 6) is 1.59. The van der Waals surface area contributed by atoms with E-state index >= 15 is 0 Å². The lowest BCUT2D eigenvalue weighted by Gasteiger charge is -2.26. The Labute approximate surface area is 190 Å². The monoisotopic (exact) mass is 453 g/mol. The second-order valence-electron chi connectivity index (χ2n) is 8.08. The minimum Gasteiger partial charge on any atom is -0.462 e. The van der Waals surface area contributed by atoms with Gasteiger partial charge in [-0.15, -0.1) is 11.3 Å². The predicted molar refractivity (Wildman–Crippen MR) is 125 cm³/mol. The van der Waals surface area contributed by atoms with Crippen molar-refractivity contribution in [3.8, 4) is 0 Å². The van der Waals surface area contributed by atoms with Gasteiger partial charge in [-0.05, 0) is 50.4 Å². The molecule has 3 aliphatic heterocycles. The van der Waals surface area contributed by atoms with Crippen LogP contribution in [0.5, 0.6) is 0 Å². The van der Waals surface area contributed by atoms with Crippen LogP contribution in [0.4, 0.5) is 5.00 Å². The molecule has 0 amide bonds. The van der Waals surface area contributed by atoms with Gasteiger partial charge < -0.3 is 20.3 Å². The van der Waals surface area contributed by atoms with Gasteiger partial charge in [0.1, 0.15) is 4.88 Å². The molecular weight excluding hydrogens is 426 g/mol. The van der Waals surface area contributed by atoms with Gasteiger partial charge in [0.15, 0.2) is 11.7 Å². The van der Waals surface area contributed by atoms with Crippen molar-refractivity contribution in [3.63, 3.8) is 0 Å². The van der Waals surface area contributed by atoms with E-state index in [2.05, 4.69) is 31.7 Å². The molecule has 0 spiro atoms. The SMILES string of the molecule is CCOC(=O)c1sc(NC2=NC=CN3C2=NCC3c2cnn(C)c2)cc1C1CCNCC1. The number of piperidine rings is 1. The molecule has 1 saturated heterocycles. The summed E-state index contributed by atoms with van der Waals surface area (Å²) in [6.07, 6.45) is 9.66. The molecule has 1 atom stereocenters. The third-order valence-corrected chi connectivity index (χ3v) is 7.04. The summed E-state index contributed by atoms with van der Waals surface area (Å²) in [6.45, 7) is 4.77. The summed E-state index contributed by atoms with van der Waals surface area (Å²) in [5, 5.41) is 12.0. The quantitative estimate of drug-likeness (QED) is 0.676. The first-order chi connectivity index (χ1) is 15.6. The van der Waals surface area contributed by atoms with E-state index in [9.17, 15) is 4.79 Å². The van der Waals surface area contributed by atoms with Crippen LogP contribution in [0.2, 0.25) is 0 Å². The number of thiophene rings is 1. The lowest BCUT2D eigenvalue weighted by Crippen LogP contribution is -2.36. The second kappa shape index (κ2) is 8.87. The maximum Gasteiger partial charge on any atom is 0.348 e. The molecule has 2 aromatic rings. The van der Waals surface area contributed by atoms with Crippen LogP contribution in [0.3, 0.4) is 0 Å². The van der Waals surface area contributed by atoms with Crippen LogP contribution in [0.1, 0.15) is 52.5 Å². The maximum atomic E-state index is 12.7. The van der Waals surface area contributed by atoms with Crippen molar-refractivity contribution >= 4 is 34.0 Å². The maximum absolute atomic E-state index is 12.7. The Morgan fingerprint density at radius 1 is 1.38 bits per heavy atom. The Hall–Kier alpha value is -2.98. The van der Waals surface area contributed by atoms with Crippen LogP contribution in [-0.2, 0) is 11.8 Å². The van der Waals surface area contributed by atoms with Crippen LogP contribution in [-0.4, -0.2) is 58.6 Å². The van der Waals surface area contributed by atoms with Gasteiger partial charge in [-0.25, -0.2) is 9.79 Å². The second-order valence-corrected chi connectivity index (χ2v) is 9.13. The molecule has 1 fully saturated rings. The number of carbonyl (C=O) groups excluding carboxylic acids is 1. The number of nitrogens with zero attached hydrogens (tertiary/aromatic N) is 5. The molecule has 32 heavy (non-hydrogen) atoms. The predicted octanol–water partition coefficient (Wildman–Crippen LogP) is 2.88. The topological polar surface area (TPSA) is 96.1 Å². The molecule has 9 nitrogen and oxygen atoms in total. The van der Waals surface area contributed by atoms with Crippen molar-refractivity contribution in [2.75, 3.05) is 31.6 Å². The molecule has 5 heterocycles. The van der Waals surface area contributed by atoms with Crippen molar-refractivity contribution < 1.29 is 9.53 Å². The summed E-state index contributed by atoms with van der Waals surface area (Å²) < 4.78 is 7.15. The molecule has 2 aromatic heterocycles. The molecule has 0 bridgehead atoms. The molecule has 0 aromatic carbocycles. The molecule has 5 rings (SSSR count). The molecule has 2 N–H and O–H groups in total. The van der Waals surface area contributed by atoms with Gasteiger partial charge >= 0.3 is 5.97 Å². The lowest BCUT2D eigenvalue weighted by molar-refractivity contribution is 0.0530. The lowest BCUT2D eigenvalue weighted by atomic mass is 9.90. The Morgan fingerprint density at radius 2 is 2.22 bits per heavy atom. The number of fused-ring (bicyclic) bond motifs is 1. The number of rotatable bonds is 5. The average Bonchev–Trinajstić information content (AvgIpc) is 3.53. The number of aliphatic imine (C=N–C) groups is 2. The zero-order valence-electron chi connectivity index (χ0n) is 18.2. The highest BCUT2D eigenvalue weighted by atomic mass is 32.1. The van der Waals surface area contributed by atoms with Gasteiger partial charge in [0.2, 0.25) is 0 Å². The van der Waals surface area contributed by atoms with E-state index in [1.165, 1.54) is 11.3 Å². The molecule has 0 aliphatic carbocycles. The number of anilines is 1. The first-order valence-corrected chi connectivity index (χ1v) is 11.8. The van der Waals surface area contributed by atoms with E-state index in [4.69, 9.17) is 9.73 Å². The molecule has 0 saturated carbocycles.